The molecule has 16 heavy (non-hydrogen) atoms. The van der Waals surface area contributed by atoms with Gasteiger partial charge < -0.3 is 5.73 Å². The Morgan fingerprint density at radius 1 is 1.31 bits per heavy atom. The number of nitrogens with two attached hydrogens (primary N) is 1. The van der Waals surface area contributed by atoms with Crippen molar-refractivity contribution >= 4 is 0 Å². The number of benzene rings is 1. The summed E-state index contributed by atoms with van der Waals surface area (Å²) in [7, 11) is 0. The lowest BCUT2D eigenvalue weighted by Crippen LogP contribution is -2.26. The average molecular weight is 218 g/mol. The Balaban J connectivity index is 1.91. The van der Waals surface area contributed by atoms with Crippen molar-refractivity contribution in [2.45, 2.75) is 32.4 Å². The fourth-order valence-corrected chi connectivity index (χ4v) is 2.70. The molecule has 2 rings (SSSR count). The van der Waals surface area contributed by atoms with Gasteiger partial charge in [-0.2, -0.15) is 0 Å². The van der Waals surface area contributed by atoms with Gasteiger partial charge in [-0.1, -0.05) is 30.3 Å². The minimum Gasteiger partial charge on any atom is -0.330 e. The van der Waals surface area contributed by atoms with E-state index in [-0.39, 0.29) is 0 Å². The van der Waals surface area contributed by atoms with E-state index in [9.17, 15) is 0 Å². The molecule has 1 heterocycles. The van der Waals surface area contributed by atoms with Gasteiger partial charge in [0.25, 0.3) is 0 Å². The topological polar surface area (TPSA) is 29.3 Å². The van der Waals surface area contributed by atoms with Crippen LogP contribution in [0.3, 0.4) is 0 Å². The van der Waals surface area contributed by atoms with Crippen LogP contribution in [0.15, 0.2) is 30.3 Å². The largest absolute Gasteiger partial charge is 0.330 e. The van der Waals surface area contributed by atoms with E-state index in [2.05, 4.69) is 42.2 Å². The molecule has 1 fully saturated rings. The summed E-state index contributed by atoms with van der Waals surface area (Å²) in [6.45, 7) is 5.46. The van der Waals surface area contributed by atoms with Crippen molar-refractivity contribution < 1.29 is 0 Å². The smallest absolute Gasteiger partial charge is 0.0236 e. The van der Waals surface area contributed by atoms with Gasteiger partial charge in [-0.3, -0.25) is 4.90 Å². The van der Waals surface area contributed by atoms with Gasteiger partial charge in [-0.15, -0.1) is 0 Å². The Kier molecular flexibility index (Phi) is 3.97. The SMILES string of the molecule is C[C@@H]1C[C@@H](CCN)CN1Cc1ccccc1. The molecule has 2 nitrogen and oxygen atoms in total. The van der Waals surface area contributed by atoms with Crippen LogP contribution in [0.4, 0.5) is 0 Å². The molecular formula is C14H22N2. The first-order valence-electron chi connectivity index (χ1n) is 6.27. The van der Waals surface area contributed by atoms with Crippen LogP contribution in [0, 0.1) is 5.92 Å². The second-order valence-corrected chi connectivity index (χ2v) is 4.94. The fourth-order valence-electron chi connectivity index (χ4n) is 2.70. The lowest BCUT2D eigenvalue weighted by Gasteiger charge is -2.20. The van der Waals surface area contributed by atoms with Crippen molar-refractivity contribution in [1.82, 2.24) is 4.90 Å². The summed E-state index contributed by atoms with van der Waals surface area (Å²) in [5.74, 6) is 0.809. The summed E-state index contributed by atoms with van der Waals surface area (Å²) in [5.41, 5.74) is 7.05. The van der Waals surface area contributed by atoms with Gasteiger partial charge in [0.2, 0.25) is 0 Å². The zero-order valence-corrected chi connectivity index (χ0v) is 10.1. The van der Waals surface area contributed by atoms with E-state index in [1.807, 2.05) is 0 Å². The molecule has 0 bridgehead atoms. The third-order valence-electron chi connectivity index (χ3n) is 3.59. The monoisotopic (exact) mass is 218 g/mol. The van der Waals surface area contributed by atoms with Crippen LogP contribution in [0.2, 0.25) is 0 Å². The molecule has 0 radical (unpaired) electrons. The van der Waals surface area contributed by atoms with Gasteiger partial charge in [-0.25, -0.2) is 0 Å². The number of likely N-dealkylation sites (tertiary alicyclic amines) is 1. The van der Waals surface area contributed by atoms with Crippen molar-refractivity contribution in [3.8, 4) is 0 Å². The third kappa shape index (κ3) is 2.83. The lowest BCUT2D eigenvalue weighted by molar-refractivity contribution is 0.255. The molecule has 1 aliphatic heterocycles. The van der Waals surface area contributed by atoms with E-state index < -0.39 is 0 Å². The summed E-state index contributed by atoms with van der Waals surface area (Å²) >= 11 is 0. The maximum absolute atomic E-state index is 5.63. The van der Waals surface area contributed by atoms with E-state index in [4.69, 9.17) is 5.73 Å². The number of hydrogen-bond acceptors (Lipinski definition) is 2. The highest BCUT2D eigenvalue weighted by Gasteiger charge is 2.27. The molecule has 0 saturated carbocycles. The fraction of sp³-hybridized carbons (Fsp3) is 0.571. The molecule has 1 saturated heterocycles. The zero-order chi connectivity index (χ0) is 11.4. The summed E-state index contributed by atoms with van der Waals surface area (Å²) in [5, 5.41) is 0. The predicted molar refractivity (Wildman–Crippen MR) is 68.1 cm³/mol. The van der Waals surface area contributed by atoms with Crippen molar-refractivity contribution in [2.24, 2.45) is 11.7 Å². The van der Waals surface area contributed by atoms with Gasteiger partial charge in [0, 0.05) is 19.1 Å². The van der Waals surface area contributed by atoms with Gasteiger partial charge >= 0.3 is 0 Å². The molecule has 0 aromatic heterocycles. The molecule has 1 aliphatic rings. The van der Waals surface area contributed by atoms with Crippen LogP contribution < -0.4 is 5.73 Å². The number of rotatable bonds is 4. The maximum atomic E-state index is 5.63. The Bertz CT molecular complexity index is 310. The molecule has 2 heteroatoms. The molecule has 88 valence electrons. The van der Waals surface area contributed by atoms with E-state index in [0.717, 1.165) is 19.0 Å². The molecule has 1 aromatic carbocycles. The van der Waals surface area contributed by atoms with Crippen molar-refractivity contribution in [2.75, 3.05) is 13.1 Å². The molecule has 0 spiro atoms. The molecule has 0 amide bonds. The van der Waals surface area contributed by atoms with Gasteiger partial charge in [0.1, 0.15) is 0 Å². The molecule has 0 unspecified atom stereocenters. The summed E-state index contributed by atoms with van der Waals surface area (Å²) < 4.78 is 0. The van der Waals surface area contributed by atoms with Crippen molar-refractivity contribution in [1.29, 1.82) is 0 Å². The average Bonchev–Trinajstić information content (AvgIpc) is 2.61. The van der Waals surface area contributed by atoms with Crippen LogP contribution in [-0.4, -0.2) is 24.0 Å². The minimum atomic E-state index is 0.705. The quantitative estimate of drug-likeness (QED) is 0.840. The van der Waals surface area contributed by atoms with Crippen LogP contribution >= 0.6 is 0 Å². The Morgan fingerprint density at radius 3 is 2.75 bits per heavy atom. The number of nitrogens with zero attached hydrogens (tertiary/aromatic N) is 1. The van der Waals surface area contributed by atoms with E-state index >= 15 is 0 Å². The first kappa shape index (κ1) is 11.6. The van der Waals surface area contributed by atoms with Gasteiger partial charge in [-0.05, 0) is 37.8 Å². The summed E-state index contributed by atoms with van der Waals surface area (Å²) in [6.07, 6.45) is 2.49. The second-order valence-electron chi connectivity index (χ2n) is 4.94. The van der Waals surface area contributed by atoms with Crippen molar-refractivity contribution in [3.05, 3.63) is 35.9 Å². The van der Waals surface area contributed by atoms with E-state index in [0.29, 0.717) is 6.04 Å². The minimum absolute atomic E-state index is 0.705. The first-order valence-corrected chi connectivity index (χ1v) is 6.27. The lowest BCUT2D eigenvalue weighted by atomic mass is 10.0. The Labute approximate surface area is 98.4 Å². The highest BCUT2D eigenvalue weighted by Crippen LogP contribution is 2.26. The zero-order valence-electron chi connectivity index (χ0n) is 10.1. The summed E-state index contributed by atoms with van der Waals surface area (Å²) in [6, 6.07) is 11.4. The summed E-state index contributed by atoms with van der Waals surface area (Å²) in [4.78, 5) is 2.58. The van der Waals surface area contributed by atoms with Crippen LogP contribution in [0.1, 0.15) is 25.3 Å². The van der Waals surface area contributed by atoms with Crippen LogP contribution in [-0.2, 0) is 6.54 Å². The second kappa shape index (κ2) is 5.46. The maximum Gasteiger partial charge on any atom is 0.0236 e. The normalized spacial score (nSPS) is 26.1. The molecule has 0 aliphatic carbocycles. The third-order valence-corrected chi connectivity index (χ3v) is 3.59. The number of hydrogen-bond donors (Lipinski definition) is 1. The molecule has 1 aromatic rings. The van der Waals surface area contributed by atoms with Crippen LogP contribution in [0.5, 0.6) is 0 Å². The van der Waals surface area contributed by atoms with Crippen molar-refractivity contribution in [3.63, 3.8) is 0 Å². The van der Waals surface area contributed by atoms with Gasteiger partial charge in [0.05, 0.1) is 0 Å². The predicted octanol–water partition coefficient (Wildman–Crippen LogP) is 2.25. The van der Waals surface area contributed by atoms with E-state index in [1.54, 1.807) is 0 Å². The standard InChI is InChI=1S/C14H22N2/c1-12-9-14(7-8-15)11-16(12)10-13-5-3-2-4-6-13/h2-6,12,14H,7-11,15H2,1H3/t12-,14-/m1/s1. The highest BCUT2D eigenvalue weighted by atomic mass is 15.2. The Hall–Kier alpha value is -0.860. The molecule has 2 atom stereocenters. The Morgan fingerprint density at radius 2 is 2.06 bits per heavy atom. The molecular weight excluding hydrogens is 196 g/mol. The van der Waals surface area contributed by atoms with E-state index in [1.165, 1.54) is 24.9 Å². The van der Waals surface area contributed by atoms with Gasteiger partial charge in [0.15, 0.2) is 0 Å². The first-order chi connectivity index (χ1) is 7.79. The highest BCUT2D eigenvalue weighted by molar-refractivity contribution is 5.14. The van der Waals surface area contributed by atoms with Crippen LogP contribution in [0.25, 0.3) is 0 Å². The molecule has 2 N–H and O–H groups in total.